The van der Waals surface area contributed by atoms with Crippen LogP contribution >= 0.6 is 11.3 Å². The number of ether oxygens (including phenoxy) is 1. The summed E-state index contributed by atoms with van der Waals surface area (Å²) in [4.78, 5) is 29.9. The quantitative estimate of drug-likeness (QED) is 0.165. The van der Waals surface area contributed by atoms with Crippen LogP contribution in [0.3, 0.4) is 0 Å². The Balaban J connectivity index is 1.74. The molecule has 0 amide bonds. The van der Waals surface area contributed by atoms with Crippen LogP contribution in [0.1, 0.15) is 78.0 Å². The van der Waals surface area contributed by atoms with Crippen LogP contribution in [0.5, 0.6) is 5.75 Å². The third-order valence-electron chi connectivity index (χ3n) is 6.01. The van der Waals surface area contributed by atoms with Gasteiger partial charge in [0.15, 0.2) is 11.6 Å². The number of aryl methyl sites for hydroxylation is 3. The van der Waals surface area contributed by atoms with Crippen LogP contribution in [-0.2, 0) is 23.8 Å². The second-order valence-electron chi connectivity index (χ2n) is 9.17. The molecule has 1 aromatic heterocycles. The monoisotopic (exact) mass is 531 g/mol. The summed E-state index contributed by atoms with van der Waals surface area (Å²) in [7, 11) is 0. The summed E-state index contributed by atoms with van der Waals surface area (Å²) in [5.41, 5.74) is 2.23. The normalized spacial score (nSPS) is 11.5. The van der Waals surface area contributed by atoms with Gasteiger partial charge in [-0.1, -0.05) is 38.3 Å². The molecule has 0 fully saturated rings. The topological polar surface area (TPSA) is 56.3 Å². The molecule has 2 aromatic carbocycles. The summed E-state index contributed by atoms with van der Waals surface area (Å²) in [5.74, 6) is 0.484. The molecular weight excluding hydrogens is 499 g/mol. The van der Waals surface area contributed by atoms with Crippen molar-refractivity contribution in [2.24, 2.45) is 0 Å². The molecule has 0 bridgehead atoms. The number of hydrogen-bond acceptors (Lipinski definition) is 5. The van der Waals surface area contributed by atoms with Gasteiger partial charge in [0, 0.05) is 22.4 Å². The SMILES string of the molecule is CCCCCCc1nc(-c2ccc(C(F)(F)F)cc2)sc1CCC(=O)c1ccc(OCC(C)=O)c(C)c1. The molecule has 1 heterocycles. The molecule has 0 radical (unpaired) electrons. The number of rotatable bonds is 13. The van der Waals surface area contributed by atoms with E-state index in [1.165, 1.54) is 30.4 Å². The highest BCUT2D eigenvalue weighted by molar-refractivity contribution is 7.15. The number of nitrogens with zero attached hydrogens (tertiary/aromatic N) is 1. The van der Waals surface area contributed by atoms with Gasteiger partial charge in [-0.05, 0) is 69.0 Å². The molecule has 0 saturated carbocycles. The maximum Gasteiger partial charge on any atom is 0.416 e. The van der Waals surface area contributed by atoms with Crippen molar-refractivity contribution in [3.63, 3.8) is 0 Å². The van der Waals surface area contributed by atoms with Crippen molar-refractivity contribution >= 4 is 22.9 Å². The Kier molecular flexibility index (Phi) is 10.0. The van der Waals surface area contributed by atoms with Crippen LogP contribution in [-0.4, -0.2) is 23.2 Å². The Hall–Kier alpha value is -3.00. The summed E-state index contributed by atoms with van der Waals surface area (Å²) in [6, 6.07) is 10.2. The van der Waals surface area contributed by atoms with Crippen molar-refractivity contribution in [3.8, 4) is 16.3 Å². The zero-order valence-electron chi connectivity index (χ0n) is 21.4. The highest BCUT2D eigenvalue weighted by Crippen LogP contribution is 2.34. The zero-order valence-corrected chi connectivity index (χ0v) is 22.2. The maximum atomic E-state index is 13.0. The maximum absolute atomic E-state index is 13.0. The molecule has 0 saturated heterocycles. The highest BCUT2D eigenvalue weighted by Gasteiger charge is 2.30. The van der Waals surface area contributed by atoms with Crippen molar-refractivity contribution in [1.29, 1.82) is 0 Å². The molecular formula is C29H32F3NO3S. The summed E-state index contributed by atoms with van der Waals surface area (Å²) >= 11 is 1.45. The van der Waals surface area contributed by atoms with E-state index in [0.29, 0.717) is 34.7 Å². The van der Waals surface area contributed by atoms with Gasteiger partial charge < -0.3 is 4.74 Å². The van der Waals surface area contributed by atoms with Crippen molar-refractivity contribution in [1.82, 2.24) is 4.98 Å². The molecule has 3 aromatic rings. The molecule has 0 aliphatic rings. The lowest BCUT2D eigenvalue weighted by Gasteiger charge is -2.09. The predicted octanol–water partition coefficient (Wildman–Crippen LogP) is 8.04. The van der Waals surface area contributed by atoms with Crippen LogP contribution in [0.15, 0.2) is 42.5 Å². The highest BCUT2D eigenvalue weighted by atomic mass is 32.1. The number of carbonyl (C=O) groups excluding carboxylic acids is 2. The van der Waals surface area contributed by atoms with Crippen LogP contribution in [0.25, 0.3) is 10.6 Å². The standard InChI is InChI=1S/C29H32F3NO3S/c1-4-5-6-7-8-24-27(37-28(33-24)21-9-12-23(13-10-21)29(30,31)32)16-14-25(35)22-11-15-26(19(2)17-22)36-18-20(3)34/h9-13,15,17H,4-8,14,16,18H2,1-3H3. The van der Waals surface area contributed by atoms with Crippen LogP contribution in [0, 0.1) is 6.92 Å². The number of unbranched alkanes of at least 4 members (excludes halogenated alkanes) is 3. The third-order valence-corrected chi connectivity index (χ3v) is 7.22. The van der Waals surface area contributed by atoms with Gasteiger partial charge in [0.2, 0.25) is 0 Å². The number of alkyl halides is 3. The first kappa shape index (κ1) is 28.6. The minimum atomic E-state index is -4.38. The van der Waals surface area contributed by atoms with Crippen molar-refractivity contribution in [2.75, 3.05) is 6.61 Å². The number of halogens is 3. The van der Waals surface area contributed by atoms with E-state index in [4.69, 9.17) is 9.72 Å². The Bertz CT molecular complexity index is 1220. The first-order valence-corrected chi connectivity index (χ1v) is 13.3. The molecule has 0 spiro atoms. The Morgan fingerprint density at radius 2 is 1.73 bits per heavy atom. The van der Waals surface area contributed by atoms with E-state index in [-0.39, 0.29) is 18.2 Å². The minimum Gasteiger partial charge on any atom is -0.486 e. The van der Waals surface area contributed by atoms with E-state index < -0.39 is 11.7 Å². The lowest BCUT2D eigenvalue weighted by molar-refractivity contribution is -0.137. The number of ketones is 2. The van der Waals surface area contributed by atoms with Crippen LogP contribution in [0.4, 0.5) is 13.2 Å². The molecule has 0 aliphatic carbocycles. The van der Waals surface area contributed by atoms with E-state index in [1.807, 2.05) is 6.92 Å². The van der Waals surface area contributed by atoms with Gasteiger partial charge in [0.05, 0.1) is 11.3 Å². The van der Waals surface area contributed by atoms with Crippen molar-refractivity contribution in [2.45, 2.75) is 71.9 Å². The van der Waals surface area contributed by atoms with E-state index in [2.05, 4.69) is 6.92 Å². The van der Waals surface area contributed by atoms with Crippen LogP contribution in [0.2, 0.25) is 0 Å². The minimum absolute atomic E-state index is 0.0115. The lowest BCUT2D eigenvalue weighted by atomic mass is 10.0. The second kappa shape index (κ2) is 13.0. The number of hydrogen-bond donors (Lipinski definition) is 0. The molecule has 37 heavy (non-hydrogen) atoms. The molecule has 0 unspecified atom stereocenters. The molecule has 0 aliphatic heterocycles. The largest absolute Gasteiger partial charge is 0.486 e. The summed E-state index contributed by atoms with van der Waals surface area (Å²) in [5, 5.41) is 0.671. The van der Waals surface area contributed by atoms with Gasteiger partial charge in [0.1, 0.15) is 17.4 Å². The van der Waals surface area contributed by atoms with Gasteiger partial charge in [-0.15, -0.1) is 11.3 Å². The lowest BCUT2D eigenvalue weighted by Crippen LogP contribution is -2.08. The van der Waals surface area contributed by atoms with Gasteiger partial charge in [-0.3, -0.25) is 9.59 Å². The van der Waals surface area contributed by atoms with Gasteiger partial charge in [-0.2, -0.15) is 13.2 Å². The first-order chi connectivity index (χ1) is 17.6. The molecule has 8 heteroatoms. The number of aromatic nitrogens is 1. The Labute approximate surface area is 219 Å². The van der Waals surface area contributed by atoms with Gasteiger partial charge in [0.25, 0.3) is 0 Å². The van der Waals surface area contributed by atoms with Gasteiger partial charge >= 0.3 is 6.18 Å². The fraction of sp³-hybridized carbons (Fsp3) is 0.414. The summed E-state index contributed by atoms with van der Waals surface area (Å²) in [6.07, 6.45) is 1.52. The molecule has 198 valence electrons. The number of Topliss-reactive ketones (excluding diaryl/α,β-unsaturated/α-hetero) is 2. The van der Waals surface area contributed by atoms with Gasteiger partial charge in [-0.25, -0.2) is 4.98 Å². The van der Waals surface area contributed by atoms with Crippen molar-refractivity contribution in [3.05, 3.63) is 69.7 Å². The number of thiazole rings is 1. The third kappa shape index (κ3) is 8.25. The van der Waals surface area contributed by atoms with E-state index in [9.17, 15) is 22.8 Å². The molecule has 3 rings (SSSR count). The Morgan fingerprint density at radius 3 is 2.35 bits per heavy atom. The molecule has 0 N–H and O–H groups in total. The Morgan fingerprint density at radius 1 is 1.00 bits per heavy atom. The summed E-state index contributed by atoms with van der Waals surface area (Å²) < 4.78 is 44.4. The molecule has 4 nitrogen and oxygen atoms in total. The van der Waals surface area contributed by atoms with Crippen molar-refractivity contribution < 1.29 is 27.5 Å². The average Bonchev–Trinajstić information content (AvgIpc) is 3.26. The zero-order chi connectivity index (χ0) is 27.0. The smallest absolute Gasteiger partial charge is 0.416 e. The summed E-state index contributed by atoms with van der Waals surface area (Å²) in [6.45, 7) is 5.42. The first-order valence-electron chi connectivity index (χ1n) is 12.5. The van der Waals surface area contributed by atoms with E-state index >= 15 is 0 Å². The van der Waals surface area contributed by atoms with E-state index in [0.717, 1.165) is 60.4 Å². The predicted molar refractivity (Wildman–Crippen MR) is 140 cm³/mol. The van der Waals surface area contributed by atoms with E-state index in [1.54, 1.807) is 18.2 Å². The number of benzene rings is 2. The fourth-order valence-electron chi connectivity index (χ4n) is 3.95. The average molecular weight is 532 g/mol. The fourth-order valence-corrected chi connectivity index (χ4v) is 5.07. The van der Waals surface area contributed by atoms with Crippen LogP contribution < -0.4 is 4.74 Å². The second-order valence-corrected chi connectivity index (χ2v) is 10.3. The number of carbonyl (C=O) groups is 2. The molecule has 0 atom stereocenters.